The lowest BCUT2D eigenvalue weighted by atomic mass is 10.0. The number of hydrogen-bond acceptors (Lipinski definition) is 3. The summed E-state index contributed by atoms with van der Waals surface area (Å²) < 4.78 is 18.4. The first-order chi connectivity index (χ1) is 10.5. The summed E-state index contributed by atoms with van der Waals surface area (Å²) in [5, 5.41) is 14.7. The molecule has 5 nitrogen and oxygen atoms in total. The fraction of sp³-hybridized carbons (Fsp3) is 0.562. The molecule has 0 saturated carbocycles. The van der Waals surface area contributed by atoms with Gasteiger partial charge in [-0.2, -0.15) is 0 Å². The van der Waals surface area contributed by atoms with Gasteiger partial charge in [-0.3, -0.25) is 0 Å². The minimum Gasteiger partial charge on any atom is -0.394 e. The van der Waals surface area contributed by atoms with E-state index >= 15 is 0 Å². The minimum atomic E-state index is -0.350. The Morgan fingerprint density at radius 3 is 2.73 bits per heavy atom. The SMILES string of the molecule is COCc1cc(CNC(=O)NC(CO)CC(C)C)ccc1F. The highest BCUT2D eigenvalue weighted by Gasteiger charge is 2.13. The highest BCUT2D eigenvalue weighted by Crippen LogP contribution is 2.11. The molecule has 124 valence electrons. The van der Waals surface area contributed by atoms with Gasteiger partial charge >= 0.3 is 6.03 Å². The Bertz CT molecular complexity index is 480. The van der Waals surface area contributed by atoms with E-state index < -0.39 is 0 Å². The van der Waals surface area contributed by atoms with Crippen molar-refractivity contribution in [1.82, 2.24) is 10.6 Å². The van der Waals surface area contributed by atoms with Crippen LogP contribution >= 0.6 is 0 Å². The van der Waals surface area contributed by atoms with E-state index in [1.807, 2.05) is 13.8 Å². The highest BCUT2D eigenvalue weighted by molar-refractivity contribution is 5.74. The van der Waals surface area contributed by atoms with E-state index in [4.69, 9.17) is 4.74 Å². The number of urea groups is 1. The molecule has 1 aromatic rings. The number of methoxy groups -OCH3 is 1. The van der Waals surface area contributed by atoms with Gasteiger partial charge in [0.15, 0.2) is 0 Å². The molecule has 0 aliphatic carbocycles. The predicted molar refractivity (Wildman–Crippen MR) is 82.8 cm³/mol. The third-order valence-corrected chi connectivity index (χ3v) is 3.17. The summed E-state index contributed by atoms with van der Waals surface area (Å²) in [5.41, 5.74) is 1.24. The third kappa shape index (κ3) is 6.41. The van der Waals surface area contributed by atoms with E-state index in [-0.39, 0.29) is 37.6 Å². The van der Waals surface area contributed by atoms with Crippen LogP contribution in [0.3, 0.4) is 0 Å². The standard InChI is InChI=1S/C16H25FN2O3/c1-11(2)6-14(9-20)19-16(21)18-8-12-4-5-15(17)13(7-12)10-22-3/h4-5,7,11,14,20H,6,8-10H2,1-3H3,(H2,18,19,21). The Labute approximate surface area is 130 Å². The van der Waals surface area contributed by atoms with Crippen LogP contribution in [0.2, 0.25) is 0 Å². The Morgan fingerprint density at radius 2 is 2.14 bits per heavy atom. The van der Waals surface area contributed by atoms with E-state index in [1.165, 1.54) is 13.2 Å². The van der Waals surface area contributed by atoms with Gasteiger partial charge in [-0.05, 0) is 30.0 Å². The average Bonchev–Trinajstić information content (AvgIpc) is 2.47. The molecule has 0 radical (unpaired) electrons. The second kappa shape index (κ2) is 9.38. The van der Waals surface area contributed by atoms with E-state index in [2.05, 4.69) is 10.6 Å². The van der Waals surface area contributed by atoms with Crippen molar-refractivity contribution in [3.8, 4) is 0 Å². The summed E-state index contributed by atoms with van der Waals surface area (Å²) >= 11 is 0. The van der Waals surface area contributed by atoms with Gasteiger partial charge in [-0.25, -0.2) is 9.18 Å². The molecule has 0 bridgehead atoms. The van der Waals surface area contributed by atoms with Crippen molar-refractivity contribution < 1.29 is 19.0 Å². The molecule has 0 saturated heterocycles. The minimum absolute atomic E-state index is 0.0971. The number of hydrogen-bond donors (Lipinski definition) is 3. The number of nitrogens with one attached hydrogen (secondary N) is 2. The first kappa shape index (κ1) is 18.4. The van der Waals surface area contributed by atoms with Gasteiger partial charge in [0.25, 0.3) is 0 Å². The largest absolute Gasteiger partial charge is 0.394 e. The lowest BCUT2D eigenvalue weighted by Gasteiger charge is -2.18. The van der Waals surface area contributed by atoms with Crippen LogP contribution in [0, 0.1) is 11.7 Å². The number of carbonyl (C=O) groups excluding carboxylic acids is 1. The molecular formula is C16H25FN2O3. The van der Waals surface area contributed by atoms with Crippen LogP contribution in [0.15, 0.2) is 18.2 Å². The van der Waals surface area contributed by atoms with Crippen LogP contribution in [0.25, 0.3) is 0 Å². The molecule has 0 spiro atoms. The first-order valence-corrected chi connectivity index (χ1v) is 7.37. The molecular weight excluding hydrogens is 287 g/mol. The monoisotopic (exact) mass is 312 g/mol. The van der Waals surface area contributed by atoms with Crippen LogP contribution in [-0.4, -0.2) is 30.9 Å². The fourth-order valence-electron chi connectivity index (χ4n) is 2.17. The maximum Gasteiger partial charge on any atom is 0.315 e. The van der Waals surface area contributed by atoms with Gasteiger partial charge in [0.1, 0.15) is 5.82 Å². The smallest absolute Gasteiger partial charge is 0.315 e. The summed E-state index contributed by atoms with van der Waals surface area (Å²) in [5.74, 6) is 0.0541. The second-order valence-electron chi connectivity index (χ2n) is 5.69. The molecule has 1 atom stereocenters. The Kier molecular flexibility index (Phi) is 7.84. The maximum absolute atomic E-state index is 13.5. The Balaban J connectivity index is 2.51. The van der Waals surface area contributed by atoms with E-state index in [0.29, 0.717) is 17.9 Å². The first-order valence-electron chi connectivity index (χ1n) is 7.37. The molecule has 1 aromatic carbocycles. The molecule has 2 amide bonds. The number of aliphatic hydroxyl groups excluding tert-OH is 1. The zero-order valence-corrected chi connectivity index (χ0v) is 13.4. The van der Waals surface area contributed by atoms with Crippen LogP contribution in [0.1, 0.15) is 31.4 Å². The van der Waals surface area contributed by atoms with E-state index in [1.54, 1.807) is 12.1 Å². The van der Waals surface area contributed by atoms with Crippen molar-refractivity contribution in [3.05, 3.63) is 35.1 Å². The molecule has 0 aliphatic rings. The van der Waals surface area contributed by atoms with E-state index in [9.17, 15) is 14.3 Å². The van der Waals surface area contributed by atoms with Crippen molar-refractivity contribution in [2.45, 2.75) is 39.5 Å². The van der Waals surface area contributed by atoms with Gasteiger partial charge in [-0.1, -0.05) is 19.9 Å². The van der Waals surface area contributed by atoms with Gasteiger partial charge in [0.2, 0.25) is 0 Å². The number of ether oxygens (including phenoxy) is 1. The van der Waals surface area contributed by atoms with Crippen molar-refractivity contribution >= 4 is 6.03 Å². The fourth-order valence-corrected chi connectivity index (χ4v) is 2.17. The molecule has 0 aromatic heterocycles. The normalized spacial score (nSPS) is 12.3. The number of halogens is 1. The van der Waals surface area contributed by atoms with Gasteiger partial charge in [0, 0.05) is 19.2 Å². The molecule has 3 N–H and O–H groups in total. The molecule has 0 fully saturated rings. The van der Waals surface area contributed by atoms with Crippen LogP contribution in [0.4, 0.5) is 9.18 Å². The summed E-state index contributed by atoms with van der Waals surface area (Å²) in [6, 6.07) is 4.02. The highest BCUT2D eigenvalue weighted by atomic mass is 19.1. The molecule has 1 rings (SSSR count). The van der Waals surface area contributed by atoms with Crippen molar-refractivity contribution in [3.63, 3.8) is 0 Å². The van der Waals surface area contributed by atoms with Gasteiger partial charge in [0.05, 0.1) is 19.3 Å². The number of benzene rings is 1. The summed E-state index contributed by atoms with van der Waals surface area (Å²) in [7, 11) is 1.50. The van der Waals surface area contributed by atoms with E-state index in [0.717, 1.165) is 5.56 Å². The molecule has 0 aliphatic heterocycles. The summed E-state index contributed by atoms with van der Waals surface area (Å²) in [6.45, 7) is 4.42. The lowest BCUT2D eigenvalue weighted by molar-refractivity contribution is 0.181. The van der Waals surface area contributed by atoms with Gasteiger partial charge in [-0.15, -0.1) is 0 Å². The zero-order valence-electron chi connectivity index (χ0n) is 13.4. The zero-order chi connectivity index (χ0) is 16.5. The lowest BCUT2D eigenvalue weighted by Crippen LogP contribution is -2.44. The molecule has 1 unspecified atom stereocenters. The van der Waals surface area contributed by atoms with Crippen molar-refractivity contribution in [2.75, 3.05) is 13.7 Å². The summed E-state index contributed by atoms with van der Waals surface area (Å²) in [4.78, 5) is 11.8. The molecule has 0 heterocycles. The number of rotatable bonds is 8. The van der Waals surface area contributed by atoms with Crippen molar-refractivity contribution in [2.24, 2.45) is 5.92 Å². The van der Waals surface area contributed by atoms with Gasteiger partial charge < -0.3 is 20.5 Å². The molecule has 22 heavy (non-hydrogen) atoms. The third-order valence-electron chi connectivity index (χ3n) is 3.17. The van der Waals surface area contributed by atoms with Crippen LogP contribution < -0.4 is 10.6 Å². The second-order valence-corrected chi connectivity index (χ2v) is 5.69. The Hall–Kier alpha value is -1.66. The van der Waals surface area contributed by atoms with Crippen molar-refractivity contribution in [1.29, 1.82) is 0 Å². The van der Waals surface area contributed by atoms with Crippen LogP contribution in [0.5, 0.6) is 0 Å². The summed E-state index contributed by atoms with van der Waals surface area (Å²) in [6.07, 6.45) is 0.707. The average molecular weight is 312 g/mol. The quantitative estimate of drug-likeness (QED) is 0.689. The predicted octanol–water partition coefficient (Wildman–Crippen LogP) is 2.18. The van der Waals surface area contributed by atoms with Crippen LogP contribution in [-0.2, 0) is 17.9 Å². The topological polar surface area (TPSA) is 70.6 Å². The molecule has 6 heteroatoms. The number of carbonyl (C=O) groups is 1. The number of aliphatic hydroxyl groups is 1. The maximum atomic E-state index is 13.5. The Morgan fingerprint density at radius 1 is 1.41 bits per heavy atom. The number of amides is 2.